The van der Waals surface area contributed by atoms with Gasteiger partial charge in [-0.2, -0.15) is 9.83 Å². The summed E-state index contributed by atoms with van der Waals surface area (Å²) in [6, 6.07) is 12.4. The molecule has 0 radical (unpaired) electrons. The molecule has 0 saturated heterocycles. The van der Waals surface area contributed by atoms with Gasteiger partial charge in [-0.05, 0) is 12.1 Å². The van der Waals surface area contributed by atoms with Crippen molar-refractivity contribution in [1.82, 2.24) is 0 Å². The average Bonchev–Trinajstić information content (AvgIpc) is 2.75. The van der Waals surface area contributed by atoms with Gasteiger partial charge in [-0.1, -0.05) is 6.07 Å². The van der Waals surface area contributed by atoms with Gasteiger partial charge in [0, 0.05) is 37.5 Å². The Balaban J connectivity index is 2.19. The van der Waals surface area contributed by atoms with Gasteiger partial charge in [0.2, 0.25) is 5.69 Å². The third-order valence-electron chi connectivity index (χ3n) is 3.39. The highest BCUT2D eigenvalue weighted by atomic mass is 15.1. The van der Waals surface area contributed by atoms with Crippen molar-refractivity contribution in [3.63, 3.8) is 0 Å². The van der Waals surface area contributed by atoms with Gasteiger partial charge >= 0.3 is 0 Å². The number of anilines is 1. The third kappa shape index (κ3) is 1.54. The van der Waals surface area contributed by atoms with Crippen LogP contribution in [0.3, 0.4) is 0 Å². The Bertz CT molecular complexity index is 666. The highest BCUT2D eigenvalue weighted by Gasteiger charge is 2.26. The minimum Gasteiger partial charge on any atom is -0.377 e. The third-order valence-corrected chi connectivity index (χ3v) is 3.39. The maximum atomic E-state index is 8.99. The number of hydrogen-bond acceptors (Lipinski definition) is 2. The van der Waals surface area contributed by atoms with Gasteiger partial charge in [-0.15, -0.1) is 0 Å². The van der Waals surface area contributed by atoms with Crippen LogP contribution in [0.5, 0.6) is 0 Å². The summed E-state index contributed by atoms with van der Waals surface area (Å²) in [6.45, 7) is 0.893. The van der Waals surface area contributed by atoms with E-state index in [2.05, 4.69) is 39.9 Å². The summed E-state index contributed by atoms with van der Waals surface area (Å²) in [5, 5.41) is 8.99. The number of hydrogen-bond donors (Lipinski definition) is 0. The van der Waals surface area contributed by atoms with E-state index in [0.717, 1.165) is 12.1 Å². The van der Waals surface area contributed by atoms with Crippen molar-refractivity contribution >= 4 is 5.69 Å². The molecule has 0 aliphatic carbocycles. The number of fused-ring (bicyclic) bond motifs is 3. The second-order valence-corrected chi connectivity index (χ2v) is 4.78. The van der Waals surface area contributed by atoms with E-state index in [1.807, 2.05) is 26.2 Å². The summed E-state index contributed by atoms with van der Waals surface area (Å²) in [6.07, 6.45) is 2.11. The first-order valence-electron chi connectivity index (χ1n) is 5.93. The molecule has 0 N–H and O–H groups in total. The van der Waals surface area contributed by atoms with Gasteiger partial charge in [-0.25, -0.2) is 0 Å². The van der Waals surface area contributed by atoms with Gasteiger partial charge in [-0.3, -0.25) is 0 Å². The first-order valence-corrected chi connectivity index (χ1v) is 5.93. The maximum absolute atomic E-state index is 8.99. The molecule has 1 aliphatic heterocycles. The molecule has 1 aromatic carbocycles. The van der Waals surface area contributed by atoms with E-state index in [-0.39, 0.29) is 0 Å². The number of aromatic nitrogens is 1. The molecular weight excluding hydrogens is 222 g/mol. The summed E-state index contributed by atoms with van der Waals surface area (Å²) >= 11 is 0. The van der Waals surface area contributed by atoms with E-state index in [9.17, 15) is 0 Å². The van der Waals surface area contributed by atoms with Crippen LogP contribution in [0.2, 0.25) is 0 Å². The molecular formula is C15H14N3+. The average molecular weight is 236 g/mol. The van der Waals surface area contributed by atoms with Crippen LogP contribution in [0.1, 0.15) is 11.1 Å². The molecule has 3 rings (SSSR count). The molecule has 3 heteroatoms. The second-order valence-electron chi connectivity index (χ2n) is 4.78. The zero-order chi connectivity index (χ0) is 12.7. The largest absolute Gasteiger partial charge is 0.377 e. The van der Waals surface area contributed by atoms with E-state index < -0.39 is 0 Å². The Hall–Kier alpha value is -2.34. The lowest BCUT2D eigenvalue weighted by atomic mass is 10.0. The van der Waals surface area contributed by atoms with Crippen molar-refractivity contribution in [2.45, 2.75) is 6.54 Å². The van der Waals surface area contributed by atoms with Crippen molar-refractivity contribution in [2.24, 2.45) is 0 Å². The lowest BCUT2D eigenvalue weighted by Crippen LogP contribution is -2.32. The molecule has 2 heterocycles. The van der Waals surface area contributed by atoms with Crippen LogP contribution in [0.25, 0.3) is 11.3 Å². The summed E-state index contributed by atoms with van der Waals surface area (Å²) in [5.41, 5.74) is 5.55. The SMILES string of the molecule is CN(C)c1cc[n+]2c(c1)-c1cc(C#N)ccc1C2. The topological polar surface area (TPSA) is 30.9 Å². The lowest BCUT2D eigenvalue weighted by molar-refractivity contribution is -0.672. The zero-order valence-corrected chi connectivity index (χ0v) is 10.5. The summed E-state index contributed by atoms with van der Waals surface area (Å²) in [4.78, 5) is 2.09. The minimum absolute atomic E-state index is 0.720. The summed E-state index contributed by atoms with van der Waals surface area (Å²) in [7, 11) is 4.07. The Morgan fingerprint density at radius 3 is 2.78 bits per heavy atom. The fourth-order valence-corrected chi connectivity index (χ4v) is 2.37. The van der Waals surface area contributed by atoms with Crippen molar-refractivity contribution in [1.29, 1.82) is 5.26 Å². The molecule has 1 aliphatic rings. The Labute approximate surface area is 107 Å². The molecule has 0 spiro atoms. The fourth-order valence-electron chi connectivity index (χ4n) is 2.37. The quantitative estimate of drug-likeness (QED) is 0.605. The molecule has 3 nitrogen and oxygen atoms in total. The van der Waals surface area contributed by atoms with Gasteiger partial charge in [0.1, 0.15) is 0 Å². The normalized spacial score (nSPS) is 11.6. The molecule has 0 unspecified atom stereocenters. The lowest BCUT2D eigenvalue weighted by Gasteiger charge is -2.11. The van der Waals surface area contributed by atoms with Crippen LogP contribution in [0, 0.1) is 11.3 Å². The smallest absolute Gasteiger partial charge is 0.215 e. The predicted molar refractivity (Wildman–Crippen MR) is 70.2 cm³/mol. The number of nitrogens with zero attached hydrogens (tertiary/aromatic N) is 3. The second kappa shape index (κ2) is 3.85. The highest BCUT2D eigenvalue weighted by Crippen LogP contribution is 2.29. The molecule has 2 aromatic rings. The van der Waals surface area contributed by atoms with Crippen LogP contribution in [0.15, 0.2) is 36.5 Å². The summed E-state index contributed by atoms with van der Waals surface area (Å²) in [5.74, 6) is 0. The van der Waals surface area contributed by atoms with E-state index in [1.165, 1.54) is 22.5 Å². The zero-order valence-electron chi connectivity index (χ0n) is 10.5. The van der Waals surface area contributed by atoms with E-state index in [4.69, 9.17) is 5.26 Å². The first kappa shape index (κ1) is 10.8. The van der Waals surface area contributed by atoms with Crippen molar-refractivity contribution in [3.8, 4) is 17.3 Å². The number of nitriles is 1. The highest BCUT2D eigenvalue weighted by molar-refractivity contribution is 5.68. The number of rotatable bonds is 1. The predicted octanol–water partition coefficient (Wildman–Crippen LogP) is 1.94. The fraction of sp³-hybridized carbons (Fsp3) is 0.200. The molecule has 18 heavy (non-hydrogen) atoms. The van der Waals surface area contributed by atoms with Crippen LogP contribution in [-0.4, -0.2) is 14.1 Å². The van der Waals surface area contributed by atoms with Gasteiger partial charge in [0.05, 0.1) is 17.2 Å². The monoisotopic (exact) mass is 236 g/mol. The van der Waals surface area contributed by atoms with Gasteiger partial charge < -0.3 is 4.90 Å². The van der Waals surface area contributed by atoms with Crippen LogP contribution < -0.4 is 9.47 Å². The Kier molecular flexibility index (Phi) is 2.31. The molecule has 0 saturated carbocycles. The Morgan fingerprint density at radius 1 is 1.22 bits per heavy atom. The van der Waals surface area contributed by atoms with Gasteiger partial charge in [0.25, 0.3) is 0 Å². The molecule has 0 atom stereocenters. The molecule has 88 valence electrons. The van der Waals surface area contributed by atoms with Crippen LogP contribution >= 0.6 is 0 Å². The van der Waals surface area contributed by atoms with E-state index >= 15 is 0 Å². The standard InChI is InChI=1S/C15H14N3/c1-17(2)13-5-6-18-10-12-4-3-11(9-16)7-14(12)15(18)8-13/h3-8H,10H2,1-2H3/q+1. The molecule has 0 amide bonds. The molecule has 1 aromatic heterocycles. The number of benzene rings is 1. The molecule has 0 bridgehead atoms. The first-order chi connectivity index (χ1) is 8.69. The minimum atomic E-state index is 0.720. The van der Waals surface area contributed by atoms with E-state index in [0.29, 0.717) is 0 Å². The van der Waals surface area contributed by atoms with Crippen LogP contribution in [-0.2, 0) is 6.54 Å². The van der Waals surface area contributed by atoms with E-state index in [1.54, 1.807) is 0 Å². The van der Waals surface area contributed by atoms with Crippen molar-refractivity contribution < 1.29 is 4.57 Å². The maximum Gasteiger partial charge on any atom is 0.215 e. The Morgan fingerprint density at radius 2 is 2.06 bits per heavy atom. The summed E-state index contributed by atoms with van der Waals surface area (Å²) < 4.78 is 2.22. The van der Waals surface area contributed by atoms with Gasteiger partial charge in [0.15, 0.2) is 12.7 Å². The van der Waals surface area contributed by atoms with Crippen molar-refractivity contribution in [3.05, 3.63) is 47.7 Å². The van der Waals surface area contributed by atoms with Crippen molar-refractivity contribution in [2.75, 3.05) is 19.0 Å². The number of pyridine rings is 1. The van der Waals surface area contributed by atoms with Crippen LogP contribution in [0.4, 0.5) is 5.69 Å². The molecule has 0 fully saturated rings.